The second kappa shape index (κ2) is 11.1. The van der Waals surface area contributed by atoms with E-state index in [2.05, 4.69) is 150 Å². The smallest absolute Gasteiger partial charge is 0.229 e. The Morgan fingerprint density at radius 3 is 0.842 bits per heavy atom. The number of amidine groups is 8. The summed E-state index contributed by atoms with van der Waals surface area (Å²) >= 11 is 0. The van der Waals surface area contributed by atoms with E-state index in [0.717, 1.165) is 99.3 Å². The molecule has 8 heteroatoms. The average Bonchev–Trinajstić information content (AvgIpc) is 3.94. The van der Waals surface area contributed by atoms with Crippen molar-refractivity contribution in [1.29, 1.82) is 0 Å². The van der Waals surface area contributed by atoms with Crippen LogP contribution in [0.15, 0.2) is 181 Å². The summed E-state index contributed by atoms with van der Waals surface area (Å²) in [5.41, 5.74) is 7.36. The normalized spacial score (nSPS) is 16.1. The van der Waals surface area contributed by atoms with Gasteiger partial charge in [0.25, 0.3) is 11.7 Å². The van der Waals surface area contributed by atoms with Gasteiger partial charge in [0.1, 0.15) is 0 Å². The van der Waals surface area contributed by atoms with Crippen molar-refractivity contribution in [3.05, 3.63) is 190 Å². The lowest BCUT2D eigenvalue weighted by Crippen LogP contribution is -2.18. The van der Waals surface area contributed by atoms with Crippen LogP contribution >= 0.6 is 0 Å². The third kappa shape index (κ3) is 4.43. The predicted octanol–water partition coefficient (Wildman–Crippen LogP) is 9.08. The van der Waals surface area contributed by atoms with Crippen LogP contribution in [0, 0.1) is 0 Å². The van der Waals surface area contributed by atoms with Crippen molar-refractivity contribution in [3.63, 3.8) is 0 Å². The summed E-state index contributed by atoms with van der Waals surface area (Å²) in [6.07, 6.45) is 0. The maximum Gasteiger partial charge on any atom is 0.273 e. The molecule has 0 atom stereocenters. The molecule has 13 rings (SSSR count). The lowest BCUT2D eigenvalue weighted by atomic mass is 9.99. The van der Waals surface area contributed by atoms with Crippen molar-refractivity contribution >= 4 is 89.8 Å². The minimum atomic E-state index is 0.546. The molecule has 0 amide bonds. The molecule has 0 fully saturated rings. The Labute approximate surface area is 325 Å². The number of hydrogen-bond acceptors (Lipinski definition) is 7. The molecule has 0 N–H and O–H groups in total. The van der Waals surface area contributed by atoms with E-state index in [1.807, 2.05) is 7.05 Å². The van der Waals surface area contributed by atoms with E-state index in [1.54, 1.807) is 0 Å². The Morgan fingerprint density at radius 2 is 0.526 bits per heavy atom. The van der Waals surface area contributed by atoms with E-state index in [-0.39, 0.29) is 0 Å². The number of rotatable bonds is 0. The van der Waals surface area contributed by atoms with Gasteiger partial charge in [-0.1, -0.05) is 107 Å². The van der Waals surface area contributed by atoms with E-state index in [1.165, 1.54) is 0 Å². The molecule has 0 spiro atoms. The summed E-state index contributed by atoms with van der Waals surface area (Å²) in [7, 11) is 2.02. The number of hydrogen-bond donors (Lipinski definition) is 0. The molecule has 0 aliphatic carbocycles. The summed E-state index contributed by atoms with van der Waals surface area (Å²) in [6.45, 7) is 0. The van der Waals surface area contributed by atoms with Gasteiger partial charge in [-0.25, -0.2) is 19.6 Å². The molecule has 0 saturated heterocycles. The van der Waals surface area contributed by atoms with Gasteiger partial charge in [-0.3, -0.25) is 0 Å². The highest BCUT2D eigenvalue weighted by atomic mass is 15.2. The maximum atomic E-state index is 5.42. The standard InChI is InChI=1S/C49H27N8/c1-57-48-40-24-32-16-8-9-17-33(32)25-41(40)49(57)56-47-39-23-31-15-7-5-13-29(31)21-37(39)45(54-47)52-43-35-19-27-11-3-2-10-26(27)18-34(35)42(50-43)51-44-36-20-28-12-4-6-14-30(28)22-38(36)46(53-44)55-48/h2-25H,1H3/q+1. The Bertz CT molecular complexity index is 3520. The number of fused-ring (bicyclic) bond motifs is 20. The highest BCUT2D eigenvalue weighted by molar-refractivity contribution is 6.35. The minimum absolute atomic E-state index is 0.546. The quantitative estimate of drug-likeness (QED) is 0.140. The van der Waals surface area contributed by atoms with E-state index < -0.39 is 0 Å². The van der Waals surface area contributed by atoms with Gasteiger partial charge in [-0.15, -0.1) is 0 Å². The van der Waals surface area contributed by atoms with Crippen LogP contribution in [0.4, 0.5) is 0 Å². The van der Waals surface area contributed by atoms with Crippen LogP contribution in [0.2, 0.25) is 0 Å². The molecule has 8 bridgehead atoms. The summed E-state index contributed by atoms with van der Waals surface area (Å²) in [4.78, 5) is 37.0. The van der Waals surface area contributed by atoms with Crippen molar-refractivity contribution in [2.45, 2.75) is 0 Å². The Balaban J connectivity index is 1.15. The summed E-state index contributed by atoms with van der Waals surface area (Å²) < 4.78 is 2.07. The highest BCUT2D eigenvalue weighted by Crippen LogP contribution is 2.34. The van der Waals surface area contributed by atoms with Crippen LogP contribution < -0.4 is 0 Å². The van der Waals surface area contributed by atoms with Gasteiger partial charge in [0.2, 0.25) is 11.7 Å². The molecule has 0 radical (unpaired) electrons. The van der Waals surface area contributed by atoms with Gasteiger partial charge in [-0.2, -0.15) is 9.98 Å². The maximum absolute atomic E-state index is 5.42. The topological polar surface area (TPSA) is 89.5 Å². The van der Waals surface area contributed by atoms with E-state index in [0.29, 0.717) is 35.0 Å². The van der Waals surface area contributed by atoms with Crippen molar-refractivity contribution in [1.82, 2.24) is 0 Å². The molecule has 5 aliphatic heterocycles. The Hall–Kier alpha value is -7.84. The van der Waals surface area contributed by atoms with Gasteiger partial charge < -0.3 is 0 Å². The molecule has 0 unspecified atom stereocenters. The van der Waals surface area contributed by atoms with Gasteiger partial charge in [0.05, 0.1) is 18.2 Å². The van der Waals surface area contributed by atoms with Crippen LogP contribution in [-0.4, -0.2) is 58.3 Å². The highest BCUT2D eigenvalue weighted by Gasteiger charge is 2.37. The minimum Gasteiger partial charge on any atom is -0.229 e. The van der Waals surface area contributed by atoms with Crippen molar-refractivity contribution in [3.8, 4) is 0 Å². The first kappa shape index (κ1) is 30.5. The molecule has 0 saturated carbocycles. The fourth-order valence-corrected chi connectivity index (χ4v) is 8.75. The Morgan fingerprint density at radius 1 is 0.281 bits per heavy atom. The molecule has 8 aromatic rings. The van der Waals surface area contributed by atoms with Crippen LogP contribution in [0.1, 0.15) is 44.5 Å². The zero-order chi connectivity index (χ0) is 37.4. The first-order chi connectivity index (χ1) is 28.1. The third-order valence-electron chi connectivity index (χ3n) is 11.6. The first-order valence-corrected chi connectivity index (χ1v) is 19.0. The van der Waals surface area contributed by atoms with Crippen molar-refractivity contribution in [2.75, 3.05) is 7.05 Å². The number of aliphatic imine (C=N–C) groups is 7. The summed E-state index contributed by atoms with van der Waals surface area (Å²) in [5, 5.41) is 8.83. The molecule has 8 aromatic carbocycles. The van der Waals surface area contributed by atoms with Gasteiger partial charge in [0, 0.05) is 33.4 Å². The number of nitrogens with zero attached hydrogens (tertiary/aromatic N) is 8. The van der Waals surface area contributed by atoms with Crippen LogP contribution in [-0.2, 0) is 0 Å². The van der Waals surface area contributed by atoms with Gasteiger partial charge in [-0.05, 0) is 91.6 Å². The van der Waals surface area contributed by atoms with Crippen LogP contribution in [0.3, 0.4) is 0 Å². The van der Waals surface area contributed by atoms with Gasteiger partial charge in [0.15, 0.2) is 23.3 Å². The SMILES string of the molecule is C[N+]1=C2N=C3N=C(N=C4N=C(N=C5N=C(N=C1c1cc6ccccc6cc12)c1cc2ccccc2cc15)c1cc2ccccc2cc14)c1cc2ccccc2cc13. The fraction of sp³-hybridized carbons (Fsp3) is 0.0204. The van der Waals surface area contributed by atoms with E-state index in [4.69, 9.17) is 34.9 Å². The second-order valence-corrected chi connectivity index (χ2v) is 14.9. The van der Waals surface area contributed by atoms with Crippen molar-refractivity contribution in [2.24, 2.45) is 34.9 Å². The largest absolute Gasteiger partial charge is 0.273 e. The Kier molecular flexibility index (Phi) is 5.94. The van der Waals surface area contributed by atoms with Crippen LogP contribution in [0.5, 0.6) is 0 Å². The van der Waals surface area contributed by atoms with Crippen molar-refractivity contribution < 1.29 is 4.58 Å². The summed E-state index contributed by atoms with van der Waals surface area (Å²) in [6, 6.07) is 50.9. The zero-order valence-corrected chi connectivity index (χ0v) is 30.4. The number of benzene rings is 8. The molecule has 262 valence electrons. The first-order valence-electron chi connectivity index (χ1n) is 19.0. The second-order valence-electron chi connectivity index (χ2n) is 14.9. The lowest BCUT2D eigenvalue weighted by molar-refractivity contribution is -0.366. The molecular formula is C49H27N8+. The zero-order valence-electron chi connectivity index (χ0n) is 30.4. The van der Waals surface area contributed by atoms with Crippen LogP contribution in [0.25, 0.3) is 43.1 Å². The average molecular weight is 728 g/mol. The van der Waals surface area contributed by atoms with Gasteiger partial charge >= 0.3 is 0 Å². The molecular weight excluding hydrogens is 701 g/mol. The molecule has 5 heterocycles. The molecule has 5 aliphatic rings. The third-order valence-corrected chi connectivity index (χ3v) is 11.6. The van der Waals surface area contributed by atoms with E-state index in [9.17, 15) is 0 Å². The van der Waals surface area contributed by atoms with E-state index >= 15 is 0 Å². The predicted molar refractivity (Wildman–Crippen MR) is 232 cm³/mol. The summed E-state index contributed by atoms with van der Waals surface area (Å²) in [5.74, 6) is 4.87. The fourth-order valence-electron chi connectivity index (χ4n) is 8.75. The molecule has 57 heavy (non-hydrogen) atoms. The lowest BCUT2D eigenvalue weighted by Gasteiger charge is -2.06. The monoisotopic (exact) mass is 727 g/mol. The molecule has 8 nitrogen and oxygen atoms in total. The molecule has 0 aromatic heterocycles.